The maximum absolute atomic E-state index is 10.2. The Kier molecular flexibility index (Phi) is 5.43. The molecule has 1 fully saturated rings. The molecule has 1 aliphatic rings. The molecule has 3 heterocycles. The number of β-amino-alcohol motifs (C(OH)–C–C–N with tert-alkyl or cyclic N) is 1. The van der Waals surface area contributed by atoms with Gasteiger partial charge in [0.15, 0.2) is 5.82 Å². The lowest BCUT2D eigenvalue weighted by molar-refractivity contribution is 0.00252. The summed E-state index contributed by atoms with van der Waals surface area (Å²) in [5.74, 6) is 2.15. The Hall–Kier alpha value is -1.70. The Morgan fingerprint density at radius 3 is 3.17 bits per heavy atom. The van der Waals surface area contributed by atoms with E-state index >= 15 is 0 Å². The van der Waals surface area contributed by atoms with Crippen LogP contribution in [0.4, 0.5) is 0 Å². The lowest BCUT2D eigenvalue weighted by atomic mass is 10.2. The van der Waals surface area contributed by atoms with Crippen molar-refractivity contribution in [3.63, 3.8) is 0 Å². The number of aliphatic hydroxyl groups excluding tert-OH is 1. The fourth-order valence-electron chi connectivity index (χ4n) is 2.90. The number of hydrogen-bond acceptors (Lipinski definition) is 7. The zero-order valence-corrected chi connectivity index (χ0v) is 13.4. The lowest BCUT2D eigenvalue weighted by Crippen LogP contribution is -2.35. The summed E-state index contributed by atoms with van der Waals surface area (Å²) in [6, 6.07) is 3.79. The van der Waals surface area contributed by atoms with Crippen molar-refractivity contribution in [1.29, 1.82) is 0 Å². The molecular weight excluding hydrogens is 298 g/mol. The normalized spacial score (nSPS) is 20.2. The van der Waals surface area contributed by atoms with Gasteiger partial charge in [0.05, 0.1) is 25.0 Å². The SMILES string of the molecule is CCc1nc([C@@H]2CCCN2C[C@@H](O)COCc2ccco2)no1. The van der Waals surface area contributed by atoms with Crippen molar-refractivity contribution in [1.82, 2.24) is 15.0 Å². The second kappa shape index (κ2) is 7.72. The van der Waals surface area contributed by atoms with Crippen LogP contribution in [0, 0.1) is 0 Å². The molecule has 2 atom stereocenters. The maximum atomic E-state index is 10.2. The molecule has 126 valence electrons. The van der Waals surface area contributed by atoms with Crippen molar-refractivity contribution in [3.05, 3.63) is 35.9 Å². The number of rotatable bonds is 8. The van der Waals surface area contributed by atoms with E-state index < -0.39 is 6.10 Å². The summed E-state index contributed by atoms with van der Waals surface area (Å²) >= 11 is 0. The maximum Gasteiger partial charge on any atom is 0.226 e. The average molecular weight is 321 g/mol. The van der Waals surface area contributed by atoms with E-state index in [4.69, 9.17) is 13.7 Å². The van der Waals surface area contributed by atoms with Crippen molar-refractivity contribution < 1.29 is 18.8 Å². The quantitative estimate of drug-likeness (QED) is 0.795. The standard InChI is InChI=1S/C16H23N3O4/c1-2-15-17-16(18-23-15)14-6-3-7-19(14)9-12(20)10-21-11-13-5-4-8-22-13/h4-5,8,12,14,20H,2-3,6-7,9-11H2,1H3/t12-,14+/m1/s1. The van der Waals surface area contributed by atoms with Crippen molar-refractivity contribution in [3.8, 4) is 0 Å². The number of aromatic nitrogens is 2. The summed E-state index contributed by atoms with van der Waals surface area (Å²) in [7, 11) is 0. The van der Waals surface area contributed by atoms with Crippen LogP contribution in [0.1, 0.15) is 43.3 Å². The third-order valence-electron chi connectivity index (χ3n) is 4.03. The minimum atomic E-state index is -0.553. The van der Waals surface area contributed by atoms with Crippen LogP contribution in [0.25, 0.3) is 0 Å². The van der Waals surface area contributed by atoms with Gasteiger partial charge in [0.1, 0.15) is 12.4 Å². The highest BCUT2D eigenvalue weighted by Crippen LogP contribution is 2.30. The second-order valence-corrected chi connectivity index (χ2v) is 5.80. The van der Waals surface area contributed by atoms with E-state index in [2.05, 4.69) is 15.0 Å². The number of likely N-dealkylation sites (tertiary alicyclic amines) is 1. The Morgan fingerprint density at radius 1 is 1.52 bits per heavy atom. The van der Waals surface area contributed by atoms with Gasteiger partial charge >= 0.3 is 0 Å². The molecule has 0 radical (unpaired) electrons. The van der Waals surface area contributed by atoms with E-state index in [1.165, 1.54) is 0 Å². The highest BCUT2D eigenvalue weighted by molar-refractivity contribution is 4.99. The van der Waals surface area contributed by atoms with Crippen LogP contribution in [0.3, 0.4) is 0 Å². The number of aliphatic hydroxyl groups is 1. The van der Waals surface area contributed by atoms with Gasteiger partial charge in [-0.2, -0.15) is 4.98 Å². The number of hydrogen-bond donors (Lipinski definition) is 1. The molecule has 0 amide bonds. The molecule has 0 aliphatic carbocycles. The first-order valence-electron chi connectivity index (χ1n) is 8.11. The lowest BCUT2D eigenvalue weighted by Gasteiger charge is -2.24. The molecule has 7 nitrogen and oxygen atoms in total. The molecule has 0 bridgehead atoms. The van der Waals surface area contributed by atoms with E-state index in [9.17, 15) is 5.11 Å². The van der Waals surface area contributed by atoms with E-state index in [1.807, 2.05) is 19.1 Å². The summed E-state index contributed by atoms with van der Waals surface area (Å²) in [5.41, 5.74) is 0. The van der Waals surface area contributed by atoms with Crippen LogP contribution in [-0.4, -0.2) is 45.9 Å². The average Bonchev–Trinajstić information content (AvgIpc) is 3.28. The van der Waals surface area contributed by atoms with Gasteiger partial charge in [-0.3, -0.25) is 4.90 Å². The van der Waals surface area contributed by atoms with Crippen LogP contribution in [0.15, 0.2) is 27.3 Å². The van der Waals surface area contributed by atoms with Crippen molar-refractivity contribution >= 4 is 0 Å². The minimum absolute atomic E-state index is 0.124. The topological polar surface area (TPSA) is 84.8 Å². The molecule has 23 heavy (non-hydrogen) atoms. The molecule has 2 aromatic heterocycles. The van der Waals surface area contributed by atoms with Crippen LogP contribution >= 0.6 is 0 Å². The summed E-state index contributed by atoms with van der Waals surface area (Å²) in [6.07, 6.45) is 3.86. The highest BCUT2D eigenvalue weighted by atomic mass is 16.5. The Labute approximate surface area is 135 Å². The molecule has 7 heteroatoms. The van der Waals surface area contributed by atoms with Gasteiger partial charge in [-0.15, -0.1) is 0 Å². The summed E-state index contributed by atoms with van der Waals surface area (Å²) in [5, 5.41) is 14.3. The minimum Gasteiger partial charge on any atom is -0.467 e. The van der Waals surface area contributed by atoms with Gasteiger partial charge in [-0.25, -0.2) is 0 Å². The Morgan fingerprint density at radius 2 is 2.43 bits per heavy atom. The van der Waals surface area contributed by atoms with Gasteiger partial charge in [0.2, 0.25) is 5.89 Å². The number of ether oxygens (including phenoxy) is 1. The fourth-order valence-corrected chi connectivity index (χ4v) is 2.90. The Balaban J connectivity index is 1.47. The zero-order valence-electron chi connectivity index (χ0n) is 13.4. The molecule has 0 unspecified atom stereocenters. The van der Waals surface area contributed by atoms with Crippen molar-refractivity contribution in [2.24, 2.45) is 0 Å². The molecule has 0 spiro atoms. The van der Waals surface area contributed by atoms with Gasteiger partial charge in [0.25, 0.3) is 0 Å². The molecule has 2 aromatic rings. The summed E-state index contributed by atoms with van der Waals surface area (Å²) in [6.45, 7) is 4.10. The molecule has 1 N–H and O–H groups in total. The van der Waals surface area contributed by atoms with Gasteiger partial charge in [-0.05, 0) is 31.5 Å². The molecule has 0 saturated carbocycles. The fraction of sp³-hybridized carbons (Fsp3) is 0.625. The van der Waals surface area contributed by atoms with Crippen LogP contribution in [0.2, 0.25) is 0 Å². The molecule has 1 aliphatic heterocycles. The first kappa shape index (κ1) is 16.2. The number of nitrogens with zero attached hydrogens (tertiary/aromatic N) is 3. The number of aryl methyl sites for hydroxylation is 1. The van der Waals surface area contributed by atoms with Crippen LogP contribution in [-0.2, 0) is 17.8 Å². The van der Waals surface area contributed by atoms with E-state index in [0.717, 1.165) is 37.4 Å². The van der Waals surface area contributed by atoms with E-state index in [0.29, 0.717) is 19.0 Å². The zero-order chi connectivity index (χ0) is 16.1. The number of furan rings is 1. The third kappa shape index (κ3) is 4.19. The van der Waals surface area contributed by atoms with Crippen molar-refractivity contribution in [2.75, 3.05) is 19.7 Å². The van der Waals surface area contributed by atoms with E-state index in [-0.39, 0.29) is 12.6 Å². The predicted molar refractivity (Wildman–Crippen MR) is 81.6 cm³/mol. The second-order valence-electron chi connectivity index (χ2n) is 5.80. The summed E-state index contributed by atoms with van der Waals surface area (Å²) < 4.78 is 15.9. The molecule has 0 aromatic carbocycles. The van der Waals surface area contributed by atoms with Crippen molar-refractivity contribution in [2.45, 2.75) is 44.9 Å². The first-order chi connectivity index (χ1) is 11.3. The molecule has 3 rings (SSSR count). The first-order valence-corrected chi connectivity index (χ1v) is 8.11. The predicted octanol–water partition coefficient (Wildman–Crippen LogP) is 1.94. The van der Waals surface area contributed by atoms with Gasteiger partial charge in [-0.1, -0.05) is 12.1 Å². The van der Waals surface area contributed by atoms with Gasteiger partial charge < -0.3 is 18.8 Å². The highest BCUT2D eigenvalue weighted by Gasteiger charge is 2.31. The molecule has 1 saturated heterocycles. The van der Waals surface area contributed by atoms with E-state index in [1.54, 1.807) is 6.26 Å². The molecular formula is C16H23N3O4. The monoisotopic (exact) mass is 321 g/mol. The van der Waals surface area contributed by atoms with Crippen LogP contribution < -0.4 is 0 Å². The Bertz CT molecular complexity index is 584. The summed E-state index contributed by atoms with van der Waals surface area (Å²) in [4.78, 5) is 6.62. The van der Waals surface area contributed by atoms with Crippen LogP contribution in [0.5, 0.6) is 0 Å². The smallest absolute Gasteiger partial charge is 0.226 e. The largest absolute Gasteiger partial charge is 0.467 e. The third-order valence-corrected chi connectivity index (χ3v) is 4.03. The van der Waals surface area contributed by atoms with Gasteiger partial charge in [0, 0.05) is 13.0 Å².